The lowest BCUT2D eigenvalue weighted by atomic mass is 9.75. The Morgan fingerprint density at radius 1 is 1.22 bits per heavy atom. The molecule has 1 aliphatic heterocycles. The summed E-state index contributed by atoms with van der Waals surface area (Å²) in [4.78, 5) is 39.2. The van der Waals surface area contributed by atoms with Gasteiger partial charge >= 0.3 is 5.97 Å². The smallest absolute Gasteiger partial charge is 0.337 e. The van der Waals surface area contributed by atoms with Crippen LogP contribution in [0.3, 0.4) is 0 Å². The van der Waals surface area contributed by atoms with Crippen molar-refractivity contribution in [3.8, 4) is 6.07 Å². The molecule has 0 saturated heterocycles. The number of benzene rings is 2. The van der Waals surface area contributed by atoms with Crippen LogP contribution in [-0.4, -0.2) is 40.7 Å². The minimum absolute atomic E-state index is 0.0339. The van der Waals surface area contributed by atoms with E-state index in [1.807, 2.05) is 0 Å². The third-order valence-corrected chi connectivity index (χ3v) is 8.68. The number of anilines is 2. The van der Waals surface area contributed by atoms with E-state index in [1.54, 1.807) is 35.2 Å². The molecule has 5 rings (SSSR count). The van der Waals surface area contributed by atoms with Crippen molar-refractivity contribution in [2.45, 2.75) is 29.5 Å². The number of amides is 1. The standard InChI is InChI=1S/C28H23FN6O4S2/c1-39-26(38)16-11-9-15(10-12-16)23-17(13-30)25(31)35(20-7-4-8-21(36)24(20)23)27-33-34-28(41-27)40-14-22(37)32-19-6-3-2-5-18(19)29/h2-3,5-6,9-12,23H,4,7-8,14,31H2,1H3,(H,32,37). The number of carbonyl (C=O) groups is 3. The molecule has 1 unspecified atom stereocenters. The van der Waals surface area contributed by atoms with Crippen molar-refractivity contribution in [2.75, 3.05) is 23.1 Å². The number of allylic oxidation sites excluding steroid dienone is 3. The lowest BCUT2D eigenvalue weighted by Crippen LogP contribution is -2.38. The molecule has 13 heteroatoms. The van der Waals surface area contributed by atoms with Crippen molar-refractivity contribution in [2.24, 2.45) is 5.73 Å². The summed E-state index contributed by atoms with van der Waals surface area (Å²) in [5, 5.41) is 21.5. The zero-order chi connectivity index (χ0) is 29.1. The average molecular weight is 591 g/mol. The van der Waals surface area contributed by atoms with Crippen LogP contribution in [0, 0.1) is 17.1 Å². The van der Waals surface area contributed by atoms with Crippen molar-refractivity contribution < 1.29 is 23.5 Å². The molecular formula is C28H23FN6O4S2. The van der Waals surface area contributed by atoms with Crippen molar-refractivity contribution in [1.82, 2.24) is 10.2 Å². The van der Waals surface area contributed by atoms with Gasteiger partial charge in [-0.1, -0.05) is 47.4 Å². The molecule has 1 aliphatic carbocycles. The van der Waals surface area contributed by atoms with Crippen LogP contribution in [0.5, 0.6) is 0 Å². The third kappa shape index (κ3) is 5.57. The molecule has 1 aromatic heterocycles. The summed E-state index contributed by atoms with van der Waals surface area (Å²) in [5.41, 5.74) is 8.93. The van der Waals surface area contributed by atoms with Gasteiger partial charge < -0.3 is 15.8 Å². The Kier molecular flexibility index (Phi) is 8.14. The summed E-state index contributed by atoms with van der Waals surface area (Å²) in [6.45, 7) is 0. The Bertz CT molecular complexity index is 1640. The molecule has 41 heavy (non-hydrogen) atoms. The average Bonchev–Trinajstić information content (AvgIpc) is 3.45. The number of carbonyl (C=O) groups excluding carboxylic acids is 3. The van der Waals surface area contributed by atoms with Crippen LogP contribution in [0.4, 0.5) is 15.2 Å². The van der Waals surface area contributed by atoms with Gasteiger partial charge in [-0.2, -0.15) is 5.26 Å². The number of nitrogens with two attached hydrogens (primary N) is 1. The normalized spacial score (nSPS) is 16.8. The number of Topliss-reactive ketones (excluding diaryl/α,β-unsaturated/α-hetero) is 1. The minimum atomic E-state index is -0.699. The molecule has 10 nitrogen and oxygen atoms in total. The van der Waals surface area contributed by atoms with E-state index >= 15 is 0 Å². The number of methoxy groups -OCH3 is 1. The molecule has 3 aromatic rings. The van der Waals surface area contributed by atoms with E-state index in [0.717, 1.165) is 23.1 Å². The molecule has 0 spiro atoms. The van der Waals surface area contributed by atoms with Gasteiger partial charge in [0.1, 0.15) is 11.6 Å². The Labute approximate surface area is 242 Å². The second-order valence-corrected chi connectivity index (χ2v) is 11.3. The first-order valence-corrected chi connectivity index (χ1v) is 14.3. The molecule has 2 aliphatic rings. The maximum Gasteiger partial charge on any atom is 0.337 e. The van der Waals surface area contributed by atoms with E-state index in [-0.39, 0.29) is 28.6 Å². The number of hydrogen-bond acceptors (Lipinski definition) is 11. The highest BCUT2D eigenvalue weighted by Gasteiger charge is 2.41. The molecular weight excluding hydrogens is 567 g/mol. The van der Waals surface area contributed by atoms with Gasteiger partial charge in [0.15, 0.2) is 10.1 Å². The largest absolute Gasteiger partial charge is 0.465 e. The fourth-order valence-corrected chi connectivity index (χ4v) is 6.48. The van der Waals surface area contributed by atoms with Crippen LogP contribution < -0.4 is 16.0 Å². The van der Waals surface area contributed by atoms with Crippen LogP contribution in [0.25, 0.3) is 0 Å². The number of aromatic nitrogens is 2. The first-order valence-electron chi connectivity index (χ1n) is 12.5. The molecule has 0 radical (unpaired) electrons. The maximum atomic E-state index is 13.9. The summed E-state index contributed by atoms with van der Waals surface area (Å²) in [5.74, 6) is -2.14. The second kappa shape index (κ2) is 11.9. The number of nitrogens with zero attached hydrogens (tertiary/aromatic N) is 4. The number of ketones is 1. The fourth-order valence-electron chi connectivity index (χ4n) is 4.80. The zero-order valence-corrected chi connectivity index (χ0v) is 23.4. The summed E-state index contributed by atoms with van der Waals surface area (Å²) in [7, 11) is 1.29. The van der Waals surface area contributed by atoms with Gasteiger partial charge in [0.25, 0.3) is 0 Å². The van der Waals surface area contributed by atoms with Crippen LogP contribution in [0.1, 0.15) is 41.1 Å². The van der Waals surface area contributed by atoms with Crippen molar-refractivity contribution in [3.63, 3.8) is 0 Å². The lowest BCUT2D eigenvalue weighted by Gasteiger charge is -2.38. The number of halogens is 1. The molecule has 0 saturated carbocycles. The lowest BCUT2D eigenvalue weighted by molar-refractivity contribution is -0.116. The van der Waals surface area contributed by atoms with Crippen LogP contribution >= 0.6 is 23.1 Å². The molecule has 2 aromatic carbocycles. The Hall–Kier alpha value is -4.54. The quantitative estimate of drug-likeness (QED) is 0.297. The van der Waals surface area contributed by atoms with Crippen molar-refractivity contribution in [1.29, 1.82) is 5.26 Å². The fraction of sp³-hybridized carbons (Fsp3) is 0.214. The first-order chi connectivity index (χ1) is 19.8. The molecule has 2 heterocycles. The second-order valence-electron chi connectivity index (χ2n) is 9.10. The molecule has 1 atom stereocenters. The predicted octanol–water partition coefficient (Wildman–Crippen LogP) is 4.50. The van der Waals surface area contributed by atoms with E-state index in [9.17, 15) is 24.0 Å². The number of nitrogens with one attached hydrogen (secondary N) is 1. The number of ether oxygens (including phenoxy) is 1. The summed E-state index contributed by atoms with van der Waals surface area (Å²) >= 11 is 2.28. The van der Waals surface area contributed by atoms with Crippen molar-refractivity contribution in [3.05, 3.63) is 88.1 Å². The number of esters is 1. The monoisotopic (exact) mass is 590 g/mol. The number of thioether (sulfide) groups is 1. The number of hydrogen-bond donors (Lipinski definition) is 2. The summed E-state index contributed by atoms with van der Waals surface area (Å²) in [6.07, 6.45) is 1.47. The van der Waals surface area contributed by atoms with Gasteiger partial charge in [0.05, 0.1) is 41.7 Å². The number of para-hydroxylation sites is 1. The minimum Gasteiger partial charge on any atom is -0.465 e. The Morgan fingerprint density at radius 2 is 1.98 bits per heavy atom. The van der Waals surface area contributed by atoms with Crippen LogP contribution in [0.15, 0.2) is 75.5 Å². The molecule has 1 amide bonds. The predicted molar refractivity (Wildman–Crippen MR) is 151 cm³/mol. The van der Waals surface area contributed by atoms with E-state index < -0.39 is 23.6 Å². The summed E-state index contributed by atoms with van der Waals surface area (Å²) < 4.78 is 19.1. The van der Waals surface area contributed by atoms with Gasteiger partial charge in [-0.15, -0.1) is 10.2 Å². The Balaban J connectivity index is 1.43. The summed E-state index contributed by atoms with van der Waals surface area (Å²) in [6, 6.07) is 14.6. The Morgan fingerprint density at radius 3 is 2.68 bits per heavy atom. The zero-order valence-electron chi connectivity index (χ0n) is 21.7. The maximum absolute atomic E-state index is 13.9. The first kappa shape index (κ1) is 28.0. The van der Waals surface area contributed by atoms with Gasteiger partial charge in [0.2, 0.25) is 11.0 Å². The number of nitriles is 1. The topological polar surface area (TPSA) is 151 Å². The van der Waals surface area contributed by atoms with E-state index in [2.05, 4.69) is 21.6 Å². The van der Waals surface area contributed by atoms with E-state index in [0.29, 0.717) is 51.1 Å². The third-order valence-electron chi connectivity index (χ3n) is 6.64. The SMILES string of the molecule is COC(=O)c1ccc(C2C(C#N)=C(N)N(c3nnc(SCC(=O)Nc4ccccc4F)s3)C3=C2C(=O)CCC3)cc1. The van der Waals surface area contributed by atoms with Crippen LogP contribution in [-0.2, 0) is 14.3 Å². The van der Waals surface area contributed by atoms with E-state index in [4.69, 9.17) is 10.5 Å². The van der Waals surface area contributed by atoms with Crippen molar-refractivity contribution >= 4 is 51.6 Å². The van der Waals surface area contributed by atoms with Gasteiger partial charge in [-0.3, -0.25) is 14.5 Å². The van der Waals surface area contributed by atoms with Gasteiger partial charge in [-0.05, 0) is 42.7 Å². The van der Waals surface area contributed by atoms with Gasteiger partial charge in [-0.25, -0.2) is 9.18 Å². The highest BCUT2D eigenvalue weighted by atomic mass is 32.2. The van der Waals surface area contributed by atoms with Gasteiger partial charge in [0, 0.05) is 17.7 Å². The highest BCUT2D eigenvalue weighted by Crippen LogP contribution is 2.47. The number of rotatable bonds is 7. The molecule has 0 bridgehead atoms. The van der Waals surface area contributed by atoms with Crippen LogP contribution in [0.2, 0.25) is 0 Å². The molecule has 208 valence electrons. The molecule has 3 N–H and O–H groups in total. The highest BCUT2D eigenvalue weighted by molar-refractivity contribution is 8.01. The molecule has 0 fully saturated rings. The van der Waals surface area contributed by atoms with E-state index in [1.165, 1.54) is 25.3 Å².